The molecule has 3 rings (SSSR count). The molecule has 2 heterocycles. The minimum Gasteiger partial charge on any atom is -0.461 e. The number of ether oxygens (including phenoxy) is 1. The quantitative estimate of drug-likeness (QED) is 0.881. The van der Waals surface area contributed by atoms with Crippen molar-refractivity contribution < 1.29 is 9.53 Å². The summed E-state index contributed by atoms with van der Waals surface area (Å²) >= 11 is 0. The fourth-order valence-corrected chi connectivity index (χ4v) is 2.58. The van der Waals surface area contributed by atoms with Crippen LogP contribution < -0.4 is 5.32 Å². The van der Waals surface area contributed by atoms with Crippen molar-refractivity contribution in [1.82, 2.24) is 9.55 Å². The second kappa shape index (κ2) is 5.60. The summed E-state index contributed by atoms with van der Waals surface area (Å²) < 4.78 is 6.97. The Morgan fingerprint density at radius 2 is 2.19 bits per heavy atom. The maximum absolute atomic E-state index is 11.7. The zero-order valence-electron chi connectivity index (χ0n) is 12.3. The highest BCUT2D eigenvalue weighted by Crippen LogP contribution is 2.25. The summed E-state index contributed by atoms with van der Waals surface area (Å²) in [6.07, 6.45) is 1.76. The highest BCUT2D eigenvalue weighted by molar-refractivity contribution is 5.87. The molecule has 5 nitrogen and oxygen atoms in total. The van der Waals surface area contributed by atoms with Crippen molar-refractivity contribution in [2.24, 2.45) is 0 Å². The van der Waals surface area contributed by atoms with Crippen LogP contribution in [0.5, 0.6) is 0 Å². The van der Waals surface area contributed by atoms with Crippen molar-refractivity contribution in [3.8, 4) is 0 Å². The van der Waals surface area contributed by atoms with E-state index in [-0.39, 0.29) is 5.97 Å². The molecule has 5 heteroatoms. The summed E-state index contributed by atoms with van der Waals surface area (Å²) in [5.74, 6) is 0.747. The number of hydrogen-bond donors (Lipinski definition) is 1. The lowest BCUT2D eigenvalue weighted by molar-refractivity contribution is 0.0520. The third-order valence-corrected chi connectivity index (χ3v) is 3.73. The summed E-state index contributed by atoms with van der Waals surface area (Å²) in [5.41, 5.74) is 2.92. The standard InChI is InChI=1S/C16H19N3O2/c1-3-21-15(20)14-10-19-9-13(8-17-16(19)18-14)12-6-4-11(2)5-7-12/h4-7,10,13H,3,8-9H2,1-2H3,(H,17,18). The van der Waals surface area contributed by atoms with Gasteiger partial charge >= 0.3 is 5.97 Å². The molecule has 1 N–H and O–H groups in total. The second-order valence-corrected chi connectivity index (χ2v) is 5.31. The number of anilines is 1. The summed E-state index contributed by atoms with van der Waals surface area (Å²) in [4.78, 5) is 16.0. The van der Waals surface area contributed by atoms with Gasteiger partial charge in [0.2, 0.25) is 5.95 Å². The fraction of sp³-hybridized carbons (Fsp3) is 0.375. The van der Waals surface area contributed by atoms with Gasteiger partial charge in [-0.05, 0) is 19.4 Å². The molecule has 0 radical (unpaired) electrons. The number of imidazole rings is 1. The first kappa shape index (κ1) is 13.7. The van der Waals surface area contributed by atoms with E-state index in [1.54, 1.807) is 13.1 Å². The molecule has 0 aliphatic carbocycles. The number of nitrogens with zero attached hydrogens (tertiary/aromatic N) is 2. The van der Waals surface area contributed by atoms with Gasteiger partial charge in [-0.3, -0.25) is 0 Å². The van der Waals surface area contributed by atoms with Gasteiger partial charge in [0.05, 0.1) is 6.61 Å². The van der Waals surface area contributed by atoms with Gasteiger partial charge < -0.3 is 14.6 Å². The van der Waals surface area contributed by atoms with Crippen LogP contribution in [0.3, 0.4) is 0 Å². The average molecular weight is 285 g/mol. The first-order valence-electron chi connectivity index (χ1n) is 7.22. The minimum absolute atomic E-state index is 0.362. The molecule has 1 atom stereocenters. The van der Waals surface area contributed by atoms with Crippen molar-refractivity contribution in [3.63, 3.8) is 0 Å². The maximum Gasteiger partial charge on any atom is 0.358 e. The Kier molecular flexibility index (Phi) is 3.64. The van der Waals surface area contributed by atoms with Gasteiger partial charge in [0.1, 0.15) is 0 Å². The Bertz CT molecular complexity index is 646. The van der Waals surface area contributed by atoms with Gasteiger partial charge in [-0.25, -0.2) is 9.78 Å². The van der Waals surface area contributed by atoms with E-state index in [0.717, 1.165) is 19.0 Å². The van der Waals surface area contributed by atoms with E-state index in [0.29, 0.717) is 18.2 Å². The minimum atomic E-state index is -0.368. The van der Waals surface area contributed by atoms with Crippen molar-refractivity contribution in [2.45, 2.75) is 26.3 Å². The summed E-state index contributed by atoms with van der Waals surface area (Å²) in [6, 6.07) is 8.58. The lowest BCUT2D eigenvalue weighted by Gasteiger charge is -2.25. The fourth-order valence-electron chi connectivity index (χ4n) is 2.58. The van der Waals surface area contributed by atoms with Crippen LogP contribution in [0.1, 0.15) is 34.5 Å². The van der Waals surface area contributed by atoms with E-state index >= 15 is 0 Å². The van der Waals surface area contributed by atoms with E-state index in [1.165, 1.54) is 11.1 Å². The van der Waals surface area contributed by atoms with Crippen LogP contribution in [0.2, 0.25) is 0 Å². The van der Waals surface area contributed by atoms with Crippen molar-refractivity contribution in [3.05, 3.63) is 47.3 Å². The summed E-state index contributed by atoms with van der Waals surface area (Å²) in [5, 5.41) is 3.29. The number of fused-ring (bicyclic) bond motifs is 1. The van der Waals surface area contributed by atoms with Crippen LogP contribution in [-0.2, 0) is 11.3 Å². The highest BCUT2D eigenvalue weighted by atomic mass is 16.5. The Labute approximate surface area is 124 Å². The largest absolute Gasteiger partial charge is 0.461 e. The molecule has 1 unspecified atom stereocenters. The van der Waals surface area contributed by atoms with Crippen LogP contribution in [0, 0.1) is 6.92 Å². The Hall–Kier alpha value is -2.30. The van der Waals surface area contributed by atoms with Crippen LogP contribution in [-0.4, -0.2) is 28.7 Å². The SMILES string of the molecule is CCOC(=O)c1cn2c(n1)NCC(c1ccc(C)cc1)C2. The summed E-state index contributed by atoms with van der Waals surface area (Å²) in [6.45, 7) is 5.88. The smallest absolute Gasteiger partial charge is 0.358 e. The van der Waals surface area contributed by atoms with E-state index in [4.69, 9.17) is 4.74 Å². The number of hydrogen-bond acceptors (Lipinski definition) is 4. The topological polar surface area (TPSA) is 56.2 Å². The van der Waals surface area contributed by atoms with Gasteiger partial charge in [0.15, 0.2) is 5.69 Å². The number of aryl methyl sites for hydroxylation is 1. The Balaban J connectivity index is 1.79. The zero-order valence-corrected chi connectivity index (χ0v) is 12.3. The number of rotatable bonds is 3. The van der Waals surface area contributed by atoms with Gasteiger partial charge in [-0.15, -0.1) is 0 Å². The van der Waals surface area contributed by atoms with E-state index in [1.807, 2.05) is 4.57 Å². The lowest BCUT2D eigenvalue weighted by atomic mass is 9.97. The molecule has 2 aromatic rings. The van der Waals surface area contributed by atoms with Crippen LogP contribution >= 0.6 is 0 Å². The molecular formula is C16H19N3O2. The molecule has 1 aliphatic rings. The van der Waals surface area contributed by atoms with Crippen molar-refractivity contribution >= 4 is 11.9 Å². The average Bonchev–Trinajstić information content (AvgIpc) is 2.91. The predicted octanol–water partition coefficient (Wildman–Crippen LogP) is 2.58. The molecule has 0 fully saturated rings. The summed E-state index contributed by atoms with van der Waals surface area (Å²) in [7, 11) is 0. The van der Waals surface area contributed by atoms with E-state index in [2.05, 4.69) is 41.5 Å². The molecule has 0 spiro atoms. The number of carbonyl (C=O) groups is 1. The third kappa shape index (κ3) is 2.77. The molecule has 21 heavy (non-hydrogen) atoms. The Morgan fingerprint density at radius 1 is 1.43 bits per heavy atom. The molecule has 0 saturated carbocycles. The van der Waals surface area contributed by atoms with Crippen molar-refractivity contribution in [2.75, 3.05) is 18.5 Å². The first-order chi connectivity index (χ1) is 10.2. The monoisotopic (exact) mass is 285 g/mol. The number of nitrogens with one attached hydrogen (secondary N) is 1. The third-order valence-electron chi connectivity index (χ3n) is 3.73. The highest BCUT2D eigenvalue weighted by Gasteiger charge is 2.23. The van der Waals surface area contributed by atoms with Crippen LogP contribution in [0.15, 0.2) is 30.5 Å². The van der Waals surface area contributed by atoms with Crippen LogP contribution in [0.4, 0.5) is 5.95 Å². The molecule has 1 aromatic heterocycles. The molecular weight excluding hydrogens is 266 g/mol. The number of benzene rings is 1. The van der Waals surface area contributed by atoms with Crippen LogP contribution in [0.25, 0.3) is 0 Å². The molecule has 0 bridgehead atoms. The number of aromatic nitrogens is 2. The van der Waals surface area contributed by atoms with Gasteiger partial charge in [0, 0.05) is 25.2 Å². The van der Waals surface area contributed by atoms with Gasteiger partial charge in [-0.2, -0.15) is 0 Å². The molecule has 0 amide bonds. The lowest BCUT2D eigenvalue weighted by Crippen LogP contribution is -2.25. The van der Waals surface area contributed by atoms with Crippen molar-refractivity contribution in [1.29, 1.82) is 0 Å². The predicted molar refractivity (Wildman–Crippen MR) is 80.6 cm³/mol. The zero-order chi connectivity index (χ0) is 14.8. The Morgan fingerprint density at radius 3 is 2.90 bits per heavy atom. The number of esters is 1. The molecule has 1 aliphatic heterocycles. The molecule has 110 valence electrons. The molecule has 1 aromatic carbocycles. The maximum atomic E-state index is 11.7. The van der Waals surface area contributed by atoms with Gasteiger partial charge in [-0.1, -0.05) is 29.8 Å². The van der Waals surface area contributed by atoms with Gasteiger partial charge in [0.25, 0.3) is 0 Å². The second-order valence-electron chi connectivity index (χ2n) is 5.31. The normalized spacial score (nSPS) is 17.0. The molecule has 0 saturated heterocycles. The number of carbonyl (C=O) groups excluding carboxylic acids is 1. The first-order valence-corrected chi connectivity index (χ1v) is 7.22. The van der Waals surface area contributed by atoms with E-state index in [9.17, 15) is 4.79 Å². The van der Waals surface area contributed by atoms with E-state index < -0.39 is 0 Å².